The van der Waals surface area contributed by atoms with Crippen molar-refractivity contribution in [1.82, 2.24) is 14.9 Å². The molecule has 0 amide bonds. The maximum absolute atomic E-state index is 4.85. The van der Waals surface area contributed by atoms with Gasteiger partial charge in [0.1, 0.15) is 5.82 Å². The molecule has 1 fully saturated rings. The maximum Gasteiger partial charge on any atom is 0.126 e. The first-order valence-electron chi connectivity index (χ1n) is 6.98. The van der Waals surface area contributed by atoms with Gasteiger partial charge in [-0.3, -0.25) is 0 Å². The van der Waals surface area contributed by atoms with Gasteiger partial charge in [0.2, 0.25) is 0 Å². The molecule has 0 spiro atoms. The number of hydrogen-bond donors (Lipinski definition) is 1. The van der Waals surface area contributed by atoms with Crippen molar-refractivity contribution in [2.75, 3.05) is 6.54 Å². The summed E-state index contributed by atoms with van der Waals surface area (Å²) in [6.45, 7) is 3.31. The van der Waals surface area contributed by atoms with Gasteiger partial charge in [0.15, 0.2) is 0 Å². The van der Waals surface area contributed by atoms with Gasteiger partial charge in [0.25, 0.3) is 0 Å². The number of hydrogen-bond acceptors (Lipinski definition) is 2. The highest BCUT2D eigenvalue weighted by atomic mass is 15.1. The number of benzene rings is 1. The highest BCUT2D eigenvalue weighted by Gasteiger charge is 2.20. The average Bonchev–Trinajstić information content (AvgIpc) is 2.76. The van der Waals surface area contributed by atoms with E-state index in [1.807, 2.05) is 0 Å². The summed E-state index contributed by atoms with van der Waals surface area (Å²) in [7, 11) is 2.13. The van der Waals surface area contributed by atoms with Crippen LogP contribution in [0.25, 0.3) is 11.0 Å². The molecule has 1 aromatic heterocycles. The van der Waals surface area contributed by atoms with Crippen LogP contribution < -0.4 is 5.32 Å². The molecule has 0 saturated carbocycles. The Morgan fingerprint density at radius 2 is 2.28 bits per heavy atom. The van der Waals surface area contributed by atoms with Crippen molar-refractivity contribution in [2.45, 2.75) is 38.6 Å². The number of imidazole rings is 1. The van der Waals surface area contributed by atoms with Crippen molar-refractivity contribution >= 4 is 11.0 Å². The fourth-order valence-electron chi connectivity index (χ4n) is 2.87. The van der Waals surface area contributed by atoms with Crippen LogP contribution in [-0.4, -0.2) is 16.1 Å². The molecule has 3 heteroatoms. The van der Waals surface area contributed by atoms with Gasteiger partial charge in [-0.2, -0.15) is 0 Å². The van der Waals surface area contributed by atoms with Gasteiger partial charge >= 0.3 is 0 Å². The summed E-state index contributed by atoms with van der Waals surface area (Å²) >= 11 is 0. The Morgan fingerprint density at radius 3 is 3.00 bits per heavy atom. The lowest BCUT2D eigenvalue weighted by atomic mass is 10.0. The summed E-state index contributed by atoms with van der Waals surface area (Å²) < 4.78 is 2.25. The zero-order valence-corrected chi connectivity index (χ0v) is 11.2. The number of aryl methyl sites for hydroxylation is 2. The summed E-state index contributed by atoms with van der Waals surface area (Å²) in [5.41, 5.74) is 3.75. The van der Waals surface area contributed by atoms with Crippen molar-refractivity contribution < 1.29 is 0 Å². The van der Waals surface area contributed by atoms with Gasteiger partial charge in [-0.1, -0.05) is 19.4 Å². The first-order chi connectivity index (χ1) is 8.79. The van der Waals surface area contributed by atoms with Crippen LogP contribution in [0.5, 0.6) is 0 Å². The molecule has 2 aromatic rings. The summed E-state index contributed by atoms with van der Waals surface area (Å²) in [5, 5.41) is 3.58. The molecule has 3 rings (SSSR count). The standard InChI is InChI=1S/C15H21N3/c1-3-11-7-8-14-13(10-11)17-15(18(14)2)12-6-4-5-9-16-12/h7-8,10,12,16H,3-6,9H2,1-2H3. The minimum Gasteiger partial charge on any atom is -0.330 e. The third kappa shape index (κ3) is 1.93. The van der Waals surface area contributed by atoms with Gasteiger partial charge in [-0.15, -0.1) is 0 Å². The van der Waals surface area contributed by atoms with E-state index >= 15 is 0 Å². The van der Waals surface area contributed by atoms with E-state index in [9.17, 15) is 0 Å². The Bertz CT molecular complexity index is 550. The number of aromatic nitrogens is 2. The van der Waals surface area contributed by atoms with Gasteiger partial charge < -0.3 is 9.88 Å². The largest absolute Gasteiger partial charge is 0.330 e. The van der Waals surface area contributed by atoms with Crippen LogP contribution in [-0.2, 0) is 13.5 Å². The van der Waals surface area contributed by atoms with E-state index in [-0.39, 0.29) is 0 Å². The molecule has 1 atom stereocenters. The summed E-state index contributed by atoms with van der Waals surface area (Å²) in [4.78, 5) is 4.85. The minimum atomic E-state index is 0.432. The van der Waals surface area contributed by atoms with E-state index in [2.05, 4.69) is 42.1 Å². The van der Waals surface area contributed by atoms with Crippen LogP contribution in [0.1, 0.15) is 43.6 Å². The van der Waals surface area contributed by atoms with Gasteiger partial charge in [-0.05, 0) is 43.5 Å². The molecular weight excluding hydrogens is 222 g/mol. The first kappa shape index (κ1) is 11.7. The third-order valence-electron chi connectivity index (χ3n) is 4.01. The Balaban J connectivity index is 2.04. The molecule has 1 aliphatic heterocycles. The fourth-order valence-corrected chi connectivity index (χ4v) is 2.87. The Kier molecular flexibility index (Phi) is 3.08. The molecule has 1 saturated heterocycles. The van der Waals surface area contributed by atoms with Crippen LogP contribution in [0.2, 0.25) is 0 Å². The SMILES string of the molecule is CCc1ccc2c(c1)nc(C1CCCCN1)n2C. The van der Waals surface area contributed by atoms with Crippen molar-refractivity contribution in [3.8, 4) is 0 Å². The fraction of sp³-hybridized carbons (Fsp3) is 0.533. The molecule has 1 N–H and O–H groups in total. The van der Waals surface area contributed by atoms with E-state index in [1.165, 1.54) is 36.2 Å². The molecule has 0 bridgehead atoms. The molecule has 0 aliphatic carbocycles. The van der Waals surface area contributed by atoms with Crippen molar-refractivity contribution in [3.05, 3.63) is 29.6 Å². The number of nitrogens with one attached hydrogen (secondary N) is 1. The molecule has 2 heterocycles. The lowest BCUT2D eigenvalue weighted by Crippen LogP contribution is -2.28. The Hall–Kier alpha value is -1.35. The smallest absolute Gasteiger partial charge is 0.126 e. The monoisotopic (exact) mass is 243 g/mol. The average molecular weight is 243 g/mol. The van der Waals surface area contributed by atoms with Crippen molar-refractivity contribution in [2.24, 2.45) is 7.05 Å². The predicted octanol–water partition coefficient (Wildman–Crippen LogP) is 2.95. The number of piperidine rings is 1. The van der Waals surface area contributed by atoms with Crippen LogP contribution in [0.3, 0.4) is 0 Å². The number of fused-ring (bicyclic) bond motifs is 1. The minimum absolute atomic E-state index is 0.432. The first-order valence-corrected chi connectivity index (χ1v) is 6.98. The van der Waals surface area contributed by atoms with Crippen LogP contribution in [0.4, 0.5) is 0 Å². The zero-order valence-electron chi connectivity index (χ0n) is 11.2. The molecule has 1 unspecified atom stereocenters. The molecule has 1 aliphatic rings. The normalized spacial score (nSPS) is 20.4. The van der Waals surface area contributed by atoms with Gasteiger partial charge in [-0.25, -0.2) is 4.98 Å². The molecule has 3 nitrogen and oxygen atoms in total. The molecular formula is C15H21N3. The second kappa shape index (κ2) is 4.73. The van der Waals surface area contributed by atoms with E-state index in [4.69, 9.17) is 4.98 Å². The van der Waals surface area contributed by atoms with E-state index < -0.39 is 0 Å². The number of nitrogens with zero attached hydrogens (tertiary/aromatic N) is 2. The maximum atomic E-state index is 4.85. The second-order valence-electron chi connectivity index (χ2n) is 5.21. The molecule has 96 valence electrons. The van der Waals surface area contributed by atoms with Crippen molar-refractivity contribution in [3.63, 3.8) is 0 Å². The molecule has 0 radical (unpaired) electrons. The highest BCUT2D eigenvalue weighted by Crippen LogP contribution is 2.25. The van der Waals surface area contributed by atoms with Crippen molar-refractivity contribution in [1.29, 1.82) is 0 Å². The molecule has 18 heavy (non-hydrogen) atoms. The zero-order chi connectivity index (χ0) is 12.5. The lowest BCUT2D eigenvalue weighted by molar-refractivity contribution is 0.392. The van der Waals surface area contributed by atoms with E-state index in [0.29, 0.717) is 6.04 Å². The van der Waals surface area contributed by atoms with Gasteiger partial charge in [0, 0.05) is 7.05 Å². The van der Waals surface area contributed by atoms with Crippen LogP contribution in [0, 0.1) is 0 Å². The quantitative estimate of drug-likeness (QED) is 0.879. The van der Waals surface area contributed by atoms with E-state index in [1.54, 1.807) is 0 Å². The summed E-state index contributed by atoms with van der Waals surface area (Å²) in [6.07, 6.45) is 4.88. The summed E-state index contributed by atoms with van der Waals surface area (Å²) in [6, 6.07) is 7.07. The van der Waals surface area contributed by atoms with Crippen LogP contribution in [0.15, 0.2) is 18.2 Å². The second-order valence-corrected chi connectivity index (χ2v) is 5.21. The Morgan fingerprint density at radius 1 is 1.39 bits per heavy atom. The van der Waals surface area contributed by atoms with E-state index in [0.717, 1.165) is 18.5 Å². The number of rotatable bonds is 2. The van der Waals surface area contributed by atoms with Gasteiger partial charge in [0.05, 0.1) is 17.1 Å². The topological polar surface area (TPSA) is 29.9 Å². The lowest BCUT2D eigenvalue weighted by Gasteiger charge is -2.22. The molecule has 1 aromatic carbocycles. The Labute approximate surface area is 108 Å². The third-order valence-corrected chi connectivity index (χ3v) is 4.01. The highest BCUT2D eigenvalue weighted by molar-refractivity contribution is 5.77. The van der Waals surface area contributed by atoms with Crippen LogP contribution >= 0.6 is 0 Å². The summed E-state index contributed by atoms with van der Waals surface area (Å²) in [5.74, 6) is 1.19. The predicted molar refractivity (Wildman–Crippen MR) is 74.7 cm³/mol.